The van der Waals surface area contributed by atoms with Crippen molar-refractivity contribution in [3.63, 3.8) is 0 Å². The molecule has 0 atom stereocenters. The van der Waals surface area contributed by atoms with Gasteiger partial charge in [0.2, 0.25) is 0 Å². The number of aromatic nitrogens is 5. The minimum Gasteiger partial charge on any atom is -0.300 e. The van der Waals surface area contributed by atoms with Gasteiger partial charge in [-0.1, -0.05) is 11.6 Å². The lowest BCUT2D eigenvalue weighted by Crippen LogP contribution is -1.93. The predicted molar refractivity (Wildman–Crippen MR) is 95.1 cm³/mol. The molecule has 0 unspecified atom stereocenters. The summed E-state index contributed by atoms with van der Waals surface area (Å²) in [6, 6.07) is 8.02. The normalized spacial score (nSPS) is 11.3. The standard InChI is InChI=1S/C18H16ClN5/c1-11-6-14(7-17(19)22-11)16-10-20-18-8-13(4-5-24(16)18)15-9-21-23(3)12(15)2/h4-10H,1-3H3. The van der Waals surface area contributed by atoms with Gasteiger partial charge in [-0.2, -0.15) is 5.10 Å². The van der Waals surface area contributed by atoms with Crippen LogP contribution < -0.4 is 0 Å². The maximum Gasteiger partial charge on any atom is 0.137 e. The summed E-state index contributed by atoms with van der Waals surface area (Å²) < 4.78 is 3.93. The summed E-state index contributed by atoms with van der Waals surface area (Å²) in [6.45, 7) is 3.99. The number of aryl methyl sites for hydroxylation is 2. The van der Waals surface area contributed by atoms with Gasteiger partial charge in [0.25, 0.3) is 0 Å². The SMILES string of the molecule is Cc1cc(-c2cnc3cc(-c4cnn(C)c4C)ccn23)cc(Cl)n1. The molecule has 24 heavy (non-hydrogen) atoms. The molecule has 0 aliphatic heterocycles. The topological polar surface area (TPSA) is 48.0 Å². The van der Waals surface area contributed by atoms with Crippen molar-refractivity contribution in [2.24, 2.45) is 7.05 Å². The van der Waals surface area contributed by atoms with Crippen LogP contribution in [0, 0.1) is 13.8 Å². The number of rotatable bonds is 2. The van der Waals surface area contributed by atoms with E-state index in [0.717, 1.165) is 39.4 Å². The molecule has 6 heteroatoms. The molecule has 4 aromatic heterocycles. The van der Waals surface area contributed by atoms with Gasteiger partial charge < -0.3 is 0 Å². The lowest BCUT2D eigenvalue weighted by atomic mass is 10.1. The molecule has 0 saturated carbocycles. The van der Waals surface area contributed by atoms with Crippen LogP contribution in [0.5, 0.6) is 0 Å². The van der Waals surface area contributed by atoms with E-state index in [4.69, 9.17) is 11.6 Å². The molecule has 0 aliphatic carbocycles. The zero-order valence-electron chi connectivity index (χ0n) is 13.7. The highest BCUT2D eigenvalue weighted by Crippen LogP contribution is 2.27. The molecular weight excluding hydrogens is 322 g/mol. The summed E-state index contributed by atoms with van der Waals surface area (Å²) in [5.74, 6) is 0. The highest BCUT2D eigenvalue weighted by molar-refractivity contribution is 6.29. The summed E-state index contributed by atoms with van der Waals surface area (Å²) in [7, 11) is 1.94. The molecule has 4 aromatic rings. The molecule has 0 radical (unpaired) electrons. The number of pyridine rings is 2. The third-order valence-corrected chi connectivity index (χ3v) is 4.47. The van der Waals surface area contributed by atoms with Gasteiger partial charge in [-0.3, -0.25) is 9.08 Å². The highest BCUT2D eigenvalue weighted by atomic mass is 35.5. The van der Waals surface area contributed by atoms with Gasteiger partial charge in [-0.15, -0.1) is 0 Å². The molecule has 120 valence electrons. The molecule has 0 saturated heterocycles. The van der Waals surface area contributed by atoms with E-state index in [-0.39, 0.29) is 0 Å². The molecule has 0 amide bonds. The molecule has 0 spiro atoms. The fourth-order valence-corrected chi connectivity index (χ4v) is 3.17. The van der Waals surface area contributed by atoms with Crippen molar-refractivity contribution >= 4 is 17.2 Å². The summed E-state index contributed by atoms with van der Waals surface area (Å²) in [6.07, 6.45) is 5.78. The Hall–Kier alpha value is -2.66. The second-order valence-corrected chi connectivity index (χ2v) is 6.26. The molecular formula is C18H16ClN5. The molecule has 0 fully saturated rings. The molecule has 0 N–H and O–H groups in total. The van der Waals surface area contributed by atoms with Gasteiger partial charge in [0.1, 0.15) is 10.8 Å². The number of halogens is 1. The lowest BCUT2D eigenvalue weighted by molar-refractivity contribution is 0.740. The van der Waals surface area contributed by atoms with Crippen molar-refractivity contribution in [2.45, 2.75) is 13.8 Å². The van der Waals surface area contributed by atoms with Gasteiger partial charge in [-0.25, -0.2) is 9.97 Å². The molecule has 4 rings (SSSR count). The Morgan fingerprint density at radius 3 is 2.58 bits per heavy atom. The maximum atomic E-state index is 6.09. The predicted octanol–water partition coefficient (Wildman–Crippen LogP) is 4.07. The minimum absolute atomic E-state index is 0.488. The molecule has 5 nitrogen and oxygen atoms in total. The molecule has 0 bridgehead atoms. The van der Waals surface area contributed by atoms with Crippen molar-refractivity contribution in [1.29, 1.82) is 0 Å². The quantitative estimate of drug-likeness (QED) is 0.518. The largest absolute Gasteiger partial charge is 0.300 e. The van der Waals surface area contributed by atoms with Crippen LogP contribution in [-0.2, 0) is 7.05 Å². The van der Waals surface area contributed by atoms with Crippen LogP contribution in [0.1, 0.15) is 11.4 Å². The van der Waals surface area contributed by atoms with Crippen molar-refractivity contribution in [1.82, 2.24) is 24.1 Å². The van der Waals surface area contributed by atoms with Crippen LogP contribution in [-0.4, -0.2) is 24.1 Å². The van der Waals surface area contributed by atoms with Crippen LogP contribution in [0.2, 0.25) is 5.15 Å². The van der Waals surface area contributed by atoms with E-state index >= 15 is 0 Å². The average molecular weight is 338 g/mol. The van der Waals surface area contributed by atoms with Crippen LogP contribution >= 0.6 is 11.6 Å². The summed E-state index contributed by atoms with van der Waals surface area (Å²) in [5, 5.41) is 4.80. The Balaban J connectivity index is 1.85. The Bertz CT molecular complexity index is 1040. The average Bonchev–Trinajstić information content (AvgIpc) is 3.10. The number of imidazole rings is 1. The van der Waals surface area contributed by atoms with Crippen LogP contribution in [0.15, 0.2) is 42.9 Å². The van der Waals surface area contributed by atoms with E-state index in [0.29, 0.717) is 5.15 Å². The van der Waals surface area contributed by atoms with Crippen LogP contribution in [0.4, 0.5) is 0 Å². The Morgan fingerprint density at radius 2 is 1.88 bits per heavy atom. The molecule has 0 aliphatic rings. The van der Waals surface area contributed by atoms with E-state index in [1.165, 1.54) is 0 Å². The number of hydrogen-bond donors (Lipinski definition) is 0. The van der Waals surface area contributed by atoms with Crippen molar-refractivity contribution in [2.75, 3.05) is 0 Å². The smallest absolute Gasteiger partial charge is 0.137 e. The number of fused-ring (bicyclic) bond motifs is 1. The fraction of sp³-hybridized carbons (Fsp3) is 0.167. The van der Waals surface area contributed by atoms with E-state index in [9.17, 15) is 0 Å². The van der Waals surface area contributed by atoms with Gasteiger partial charge >= 0.3 is 0 Å². The Kier molecular flexibility index (Phi) is 3.39. The lowest BCUT2D eigenvalue weighted by Gasteiger charge is -2.06. The van der Waals surface area contributed by atoms with Gasteiger partial charge in [-0.05, 0) is 43.7 Å². The van der Waals surface area contributed by atoms with E-state index in [1.807, 2.05) is 49.4 Å². The third-order valence-electron chi connectivity index (χ3n) is 4.28. The van der Waals surface area contributed by atoms with Crippen LogP contribution in [0.3, 0.4) is 0 Å². The monoisotopic (exact) mass is 337 g/mol. The second-order valence-electron chi connectivity index (χ2n) is 5.87. The van der Waals surface area contributed by atoms with Gasteiger partial charge in [0.15, 0.2) is 0 Å². The first kappa shape index (κ1) is 14.9. The maximum absolute atomic E-state index is 6.09. The van der Waals surface area contributed by atoms with Crippen LogP contribution in [0.25, 0.3) is 28.0 Å². The summed E-state index contributed by atoms with van der Waals surface area (Å²) in [4.78, 5) is 8.77. The number of hydrogen-bond acceptors (Lipinski definition) is 3. The summed E-state index contributed by atoms with van der Waals surface area (Å²) in [5.41, 5.74) is 7.12. The van der Waals surface area contributed by atoms with E-state index < -0.39 is 0 Å². The van der Waals surface area contributed by atoms with Crippen molar-refractivity contribution < 1.29 is 0 Å². The Morgan fingerprint density at radius 1 is 1.04 bits per heavy atom. The minimum atomic E-state index is 0.488. The fourth-order valence-electron chi connectivity index (χ4n) is 2.92. The van der Waals surface area contributed by atoms with Gasteiger partial charge in [0.05, 0.1) is 18.1 Å². The van der Waals surface area contributed by atoms with Crippen molar-refractivity contribution in [3.05, 3.63) is 59.4 Å². The van der Waals surface area contributed by atoms with Crippen molar-refractivity contribution in [3.8, 4) is 22.4 Å². The third kappa shape index (κ3) is 2.37. The van der Waals surface area contributed by atoms with E-state index in [1.54, 1.807) is 0 Å². The first-order chi connectivity index (χ1) is 11.5. The zero-order chi connectivity index (χ0) is 16.8. The van der Waals surface area contributed by atoms with E-state index in [2.05, 4.69) is 38.5 Å². The second kappa shape index (κ2) is 5.46. The zero-order valence-corrected chi connectivity index (χ0v) is 14.4. The number of nitrogens with zero attached hydrogens (tertiary/aromatic N) is 5. The molecule has 0 aromatic carbocycles. The Labute approximate surface area is 144 Å². The highest BCUT2D eigenvalue weighted by Gasteiger charge is 2.11. The molecule has 4 heterocycles. The first-order valence-electron chi connectivity index (χ1n) is 7.63. The van der Waals surface area contributed by atoms with Gasteiger partial charge in [0, 0.05) is 35.8 Å². The summed E-state index contributed by atoms with van der Waals surface area (Å²) >= 11 is 6.09. The first-order valence-corrected chi connectivity index (χ1v) is 8.01.